The SMILES string of the molecule is CC[O-].CC[O-].CC[O-].Cc1ccc(S(=O)(=O)[O-])cc1.[NH4+].[NH4+].[NH4+].[NH4+]. The van der Waals surface area contributed by atoms with Crippen molar-refractivity contribution in [2.24, 2.45) is 0 Å². The van der Waals surface area contributed by atoms with Crippen molar-refractivity contribution >= 4 is 10.1 Å². The second-order valence-corrected chi connectivity index (χ2v) is 4.51. The number of quaternary nitrogens is 4. The minimum Gasteiger partial charge on any atom is -0.855 e. The zero-order valence-corrected chi connectivity index (χ0v) is 17.1. The molecule has 1 aromatic rings. The van der Waals surface area contributed by atoms with Crippen molar-refractivity contribution in [2.45, 2.75) is 32.6 Å². The molecule has 0 amide bonds. The van der Waals surface area contributed by atoms with Crippen molar-refractivity contribution in [2.75, 3.05) is 19.8 Å². The van der Waals surface area contributed by atoms with Crippen molar-refractivity contribution < 1.29 is 28.3 Å². The van der Waals surface area contributed by atoms with E-state index in [2.05, 4.69) is 0 Å². The van der Waals surface area contributed by atoms with Crippen LogP contribution in [-0.4, -0.2) is 32.8 Å². The maximum absolute atomic E-state index is 10.4. The molecular weight excluding hydrogens is 340 g/mol. The summed E-state index contributed by atoms with van der Waals surface area (Å²) in [7, 11) is -4.27. The van der Waals surface area contributed by atoms with Crippen LogP contribution in [0.1, 0.15) is 26.3 Å². The second kappa shape index (κ2) is 29.8. The summed E-state index contributed by atoms with van der Waals surface area (Å²) in [5.41, 5.74) is 0.928. The summed E-state index contributed by atoms with van der Waals surface area (Å²) in [5, 5.41) is 26.8. The molecular formula is C13H38N4O6S. The summed E-state index contributed by atoms with van der Waals surface area (Å²) in [4.78, 5) is -0.178. The molecule has 152 valence electrons. The van der Waals surface area contributed by atoms with Crippen LogP contribution in [0.4, 0.5) is 0 Å². The molecule has 10 nitrogen and oxygen atoms in total. The predicted octanol–water partition coefficient (Wildman–Crippen LogP) is 0.504. The van der Waals surface area contributed by atoms with Gasteiger partial charge in [0.15, 0.2) is 0 Å². The van der Waals surface area contributed by atoms with Gasteiger partial charge in [-0.05, 0) is 19.1 Å². The van der Waals surface area contributed by atoms with E-state index in [4.69, 9.17) is 15.3 Å². The average Bonchev–Trinajstić information content (AvgIpc) is 2.31. The lowest BCUT2D eigenvalue weighted by Gasteiger charge is -2.05. The van der Waals surface area contributed by atoms with E-state index in [1.54, 1.807) is 32.9 Å². The normalized spacial score (nSPS) is 7.50. The van der Waals surface area contributed by atoms with E-state index in [-0.39, 0.29) is 49.3 Å². The Hall–Kier alpha value is -1.15. The summed E-state index contributed by atoms with van der Waals surface area (Å²) in [6.45, 7) is 6.53. The van der Waals surface area contributed by atoms with Gasteiger partial charge in [-0.3, -0.25) is 0 Å². The van der Waals surface area contributed by atoms with Gasteiger partial charge in [0.05, 0.1) is 4.90 Å². The van der Waals surface area contributed by atoms with E-state index in [0.29, 0.717) is 0 Å². The third-order valence-electron chi connectivity index (χ3n) is 1.31. The van der Waals surface area contributed by atoms with Crippen LogP contribution in [-0.2, 0) is 10.1 Å². The Bertz CT molecular complexity index is 397. The first kappa shape index (κ1) is 43.4. The maximum atomic E-state index is 10.4. The average molecular weight is 379 g/mol. The van der Waals surface area contributed by atoms with Crippen molar-refractivity contribution in [1.29, 1.82) is 0 Å². The van der Waals surface area contributed by atoms with Crippen LogP contribution in [0.5, 0.6) is 0 Å². The molecule has 1 aromatic carbocycles. The Labute approximate surface area is 146 Å². The molecule has 0 unspecified atom stereocenters. The molecule has 1 rings (SSSR count). The molecule has 0 aliphatic carbocycles. The first-order valence-corrected chi connectivity index (χ1v) is 7.42. The van der Waals surface area contributed by atoms with Crippen molar-refractivity contribution in [3.63, 3.8) is 0 Å². The highest BCUT2D eigenvalue weighted by atomic mass is 32.2. The number of hydrogen-bond donors (Lipinski definition) is 4. The van der Waals surface area contributed by atoms with E-state index < -0.39 is 10.1 Å². The lowest BCUT2D eigenvalue weighted by Crippen LogP contribution is -1.97. The maximum Gasteiger partial charge on any atom is 0.124 e. The van der Waals surface area contributed by atoms with Gasteiger partial charge in [0.25, 0.3) is 0 Å². The Morgan fingerprint density at radius 1 is 0.750 bits per heavy atom. The van der Waals surface area contributed by atoms with Gasteiger partial charge in [-0.1, -0.05) is 38.5 Å². The topological polar surface area (TPSA) is 272 Å². The third-order valence-corrected chi connectivity index (χ3v) is 2.16. The minimum atomic E-state index is -4.27. The minimum absolute atomic E-state index is 0. The Kier molecular flexibility index (Phi) is 53.9. The Morgan fingerprint density at radius 3 is 1.12 bits per heavy atom. The van der Waals surface area contributed by atoms with Crippen LogP contribution in [0, 0.1) is 6.92 Å². The van der Waals surface area contributed by atoms with E-state index in [0.717, 1.165) is 5.56 Å². The summed E-state index contributed by atoms with van der Waals surface area (Å²) >= 11 is 0. The van der Waals surface area contributed by atoms with Crippen LogP contribution < -0.4 is 39.9 Å². The largest absolute Gasteiger partial charge is 0.855 e. The molecule has 11 heteroatoms. The third kappa shape index (κ3) is 37.3. The molecule has 0 aliphatic heterocycles. The molecule has 0 atom stereocenters. The highest BCUT2D eigenvalue weighted by Crippen LogP contribution is 2.08. The molecule has 0 saturated heterocycles. The monoisotopic (exact) mass is 378 g/mol. The smallest absolute Gasteiger partial charge is 0.124 e. The zero-order valence-electron chi connectivity index (χ0n) is 16.3. The first-order valence-electron chi connectivity index (χ1n) is 6.01. The van der Waals surface area contributed by atoms with Gasteiger partial charge in [0, 0.05) is 0 Å². The van der Waals surface area contributed by atoms with E-state index in [9.17, 15) is 13.0 Å². The fourth-order valence-electron chi connectivity index (χ4n) is 0.705. The summed E-state index contributed by atoms with van der Waals surface area (Å²) in [6, 6.07) is 5.78. The van der Waals surface area contributed by atoms with Crippen LogP contribution in [0.2, 0.25) is 0 Å². The molecule has 16 N–H and O–H groups in total. The predicted molar refractivity (Wildman–Crippen MR) is 94.7 cm³/mol. The molecule has 0 spiro atoms. The van der Waals surface area contributed by atoms with Crippen molar-refractivity contribution in [3.05, 3.63) is 29.8 Å². The molecule has 0 bridgehead atoms. The van der Waals surface area contributed by atoms with Gasteiger partial charge in [0.1, 0.15) is 10.1 Å². The molecule has 0 saturated carbocycles. The summed E-state index contributed by atoms with van der Waals surface area (Å²) in [5.74, 6) is 0. The zero-order chi connectivity index (χ0) is 16.6. The van der Waals surface area contributed by atoms with Gasteiger partial charge < -0.3 is 44.5 Å². The van der Waals surface area contributed by atoms with Crippen molar-refractivity contribution in [1.82, 2.24) is 24.6 Å². The first-order chi connectivity index (χ1) is 9.24. The van der Waals surface area contributed by atoms with Gasteiger partial charge in [0.2, 0.25) is 0 Å². The number of benzene rings is 1. The van der Waals surface area contributed by atoms with Gasteiger partial charge >= 0.3 is 0 Å². The van der Waals surface area contributed by atoms with Crippen LogP contribution >= 0.6 is 0 Å². The van der Waals surface area contributed by atoms with E-state index in [1.807, 2.05) is 6.92 Å². The molecule has 24 heavy (non-hydrogen) atoms. The highest BCUT2D eigenvalue weighted by Gasteiger charge is 1.97. The fourth-order valence-corrected chi connectivity index (χ4v) is 1.17. The standard InChI is InChI=1S/C7H8O3S.3C2H5O.4H3N/c1-6-2-4-7(5-3-6)11(8,9)10;3*1-2-3;;;;/h2-5H,1H3,(H,8,9,10);3*2H2,1H3;4*1H3/q;3*-1;;;;/p+3. The molecule has 0 radical (unpaired) electrons. The van der Waals surface area contributed by atoms with Gasteiger partial charge in [-0.15, -0.1) is 19.8 Å². The molecule has 0 fully saturated rings. The number of rotatable bonds is 1. The van der Waals surface area contributed by atoms with E-state index in [1.165, 1.54) is 12.1 Å². The summed E-state index contributed by atoms with van der Waals surface area (Å²) in [6.07, 6.45) is 0. The van der Waals surface area contributed by atoms with Crippen molar-refractivity contribution in [3.8, 4) is 0 Å². The van der Waals surface area contributed by atoms with Crippen LogP contribution in [0.25, 0.3) is 0 Å². The molecule has 0 heterocycles. The molecule has 0 aliphatic rings. The quantitative estimate of drug-likeness (QED) is 0.504. The second-order valence-electron chi connectivity index (χ2n) is 3.13. The van der Waals surface area contributed by atoms with Gasteiger partial charge in [-0.25, -0.2) is 8.42 Å². The van der Waals surface area contributed by atoms with Crippen LogP contribution in [0.3, 0.4) is 0 Å². The lowest BCUT2D eigenvalue weighted by molar-refractivity contribution is -0.362. The molecule has 0 aromatic heterocycles. The number of aryl methyl sites for hydroxylation is 1. The highest BCUT2D eigenvalue weighted by molar-refractivity contribution is 7.85. The summed E-state index contributed by atoms with van der Waals surface area (Å²) < 4.78 is 31.2. The Balaban J connectivity index is -0.0000000385. The lowest BCUT2D eigenvalue weighted by atomic mass is 10.2. The Morgan fingerprint density at radius 2 is 0.958 bits per heavy atom. The fraction of sp³-hybridized carbons (Fsp3) is 0.538. The van der Waals surface area contributed by atoms with Crippen LogP contribution in [0.15, 0.2) is 29.2 Å². The number of hydrogen-bond acceptors (Lipinski definition) is 6. The van der Waals surface area contributed by atoms with E-state index >= 15 is 0 Å². The van der Waals surface area contributed by atoms with Gasteiger partial charge in [-0.2, -0.15) is 0 Å².